The van der Waals surface area contributed by atoms with Crippen LogP contribution in [0.2, 0.25) is 0 Å². The molecule has 1 N–H and O–H groups in total. The highest BCUT2D eigenvalue weighted by atomic mass is 32.2. The van der Waals surface area contributed by atoms with Crippen molar-refractivity contribution in [2.75, 3.05) is 5.75 Å². The van der Waals surface area contributed by atoms with Gasteiger partial charge >= 0.3 is 5.97 Å². The molecule has 6 nitrogen and oxygen atoms in total. The minimum atomic E-state index is -3.48. The van der Waals surface area contributed by atoms with Crippen LogP contribution in [-0.4, -0.2) is 34.6 Å². The van der Waals surface area contributed by atoms with E-state index in [0.717, 1.165) is 0 Å². The van der Waals surface area contributed by atoms with Crippen molar-refractivity contribution in [3.8, 4) is 0 Å². The molecule has 0 saturated carbocycles. The third-order valence-electron chi connectivity index (χ3n) is 2.71. The van der Waals surface area contributed by atoms with Crippen molar-refractivity contribution in [2.45, 2.75) is 12.7 Å². The van der Waals surface area contributed by atoms with E-state index in [1.807, 2.05) is 12.1 Å². The smallest absolute Gasteiger partial charge is 0.307 e. The predicted octanol–water partition coefficient (Wildman–Crippen LogP) is 0.970. The Morgan fingerprint density at radius 3 is 2.84 bits per heavy atom. The second-order valence-corrected chi connectivity index (χ2v) is 6.60. The Morgan fingerprint density at radius 2 is 2.21 bits per heavy atom. The molecule has 0 aliphatic rings. The monoisotopic (exact) mass is 282 g/mol. The van der Waals surface area contributed by atoms with E-state index in [0.29, 0.717) is 11.3 Å². The van der Waals surface area contributed by atoms with E-state index >= 15 is 0 Å². The molecule has 0 aliphatic carbocycles. The number of carboxylic acids is 1. The number of rotatable bonds is 5. The van der Waals surface area contributed by atoms with E-state index in [1.165, 1.54) is 6.92 Å². The topological polar surface area (TPSA) is 88.7 Å². The quantitative estimate of drug-likeness (QED) is 0.882. The van der Waals surface area contributed by atoms with Gasteiger partial charge in [-0.05, 0) is 12.1 Å². The standard InChI is InChI=1S/C12H14N2O4S/c1-9(12(15)16)7-19(17,18)8-10-6-14-5-3-2-4-11(14)13-10/h2-6,9H,7-8H2,1H3,(H,15,16). The summed E-state index contributed by atoms with van der Waals surface area (Å²) >= 11 is 0. The molecule has 7 heteroatoms. The summed E-state index contributed by atoms with van der Waals surface area (Å²) in [6.07, 6.45) is 3.41. The van der Waals surface area contributed by atoms with E-state index in [2.05, 4.69) is 4.98 Å². The summed E-state index contributed by atoms with van der Waals surface area (Å²) in [6, 6.07) is 5.41. The van der Waals surface area contributed by atoms with Gasteiger partial charge in [0.1, 0.15) is 5.65 Å². The first kappa shape index (κ1) is 13.5. The van der Waals surface area contributed by atoms with Crippen LogP contribution in [0, 0.1) is 5.92 Å². The average molecular weight is 282 g/mol. The van der Waals surface area contributed by atoms with Crippen LogP contribution in [0.3, 0.4) is 0 Å². The van der Waals surface area contributed by atoms with E-state index < -0.39 is 21.7 Å². The number of nitrogens with zero attached hydrogens (tertiary/aromatic N) is 2. The van der Waals surface area contributed by atoms with Crippen molar-refractivity contribution in [1.82, 2.24) is 9.38 Å². The minimum absolute atomic E-state index is 0.244. The lowest BCUT2D eigenvalue weighted by atomic mass is 10.2. The van der Waals surface area contributed by atoms with Gasteiger partial charge in [-0.2, -0.15) is 0 Å². The summed E-state index contributed by atoms with van der Waals surface area (Å²) in [4.78, 5) is 14.9. The molecule has 0 radical (unpaired) electrons. The van der Waals surface area contributed by atoms with Crippen LogP contribution in [0.1, 0.15) is 12.6 Å². The third-order valence-corrected chi connectivity index (χ3v) is 4.45. The molecule has 2 aromatic heterocycles. The summed E-state index contributed by atoms with van der Waals surface area (Å²) in [7, 11) is -3.48. The second kappa shape index (κ2) is 5.00. The zero-order chi connectivity index (χ0) is 14.0. The minimum Gasteiger partial charge on any atom is -0.481 e. The molecule has 0 aliphatic heterocycles. The van der Waals surface area contributed by atoms with E-state index in [9.17, 15) is 13.2 Å². The number of carbonyl (C=O) groups is 1. The second-order valence-electron chi connectivity index (χ2n) is 4.49. The Balaban J connectivity index is 2.17. The van der Waals surface area contributed by atoms with Crippen molar-refractivity contribution >= 4 is 21.5 Å². The van der Waals surface area contributed by atoms with Gasteiger partial charge in [0.2, 0.25) is 0 Å². The van der Waals surface area contributed by atoms with Crippen molar-refractivity contribution in [3.05, 3.63) is 36.3 Å². The molecular formula is C12H14N2O4S. The molecule has 0 aromatic carbocycles. The largest absolute Gasteiger partial charge is 0.481 e. The molecule has 1 atom stereocenters. The molecule has 2 rings (SSSR count). The number of sulfone groups is 1. The lowest BCUT2D eigenvalue weighted by molar-refractivity contribution is -0.140. The number of aliphatic carboxylic acids is 1. The average Bonchev–Trinajstić information content (AvgIpc) is 2.68. The number of imidazole rings is 1. The number of carboxylic acid groups (broad SMARTS) is 1. The van der Waals surface area contributed by atoms with Crippen molar-refractivity contribution < 1.29 is 18.3 Å². The highest BCUT2D eigenvalue weighted by molar-refractivity contribution is 7.90. The summed E-state index contributed by atoms with van der Waals surface area (Å²) in [5, 5.41) is 8.74. The number of hydrogen-bond acceptors (Lipinski definition) is 4. The highest BCUT2D eigenvalue weighted by Gasteiger charge is 2.22. The Labute approximate surface area is 110 Å². The third kappa shape index (κ3) is 3.31. The van der Waals surface area contributed by atoms with Crippen LogP contribution in [-0.2, 0) is 20.4 Å². The molecular weight excluding hydrogens is 268 g/mol. The molecule has 0 amide bonds. The number of fused-ring (bicyclic) bond motifs is 1. The Kier molecular flexibility index (Phi) is 3.57. The maximum atomic E-state index is 11.9. The molecule has 0 saturated heterocycles. The summed E-state index contributed by atoms with van der Waals surface area (Å²) in [6.45, 7) is 1.38. The molecule has 0 fully saturated rings. The van der Waals surface area contributed by atoms with Crippen molar-refractivity contribution in [2.24, 2.45) is 5.92 Å². The van der Waals surface area contributed by atoms with Crippen LogP contribution in [0.15, 0.2) is 30.6 Å². The van der Waals surface area contributed by atoms with Gasteiger partial charge in [-0.3, -0.25) is 4.79 Å². The van der Waals surface area contributed by atoms with E-state index in [1.54, 1.807) is 22.9 Å². The van der Waals surface area contributed by atoms with Crippen LogP contribution in [0.5, 0.6) is 0 Å². The summed E-state index contributed by atoms with van der Waals surface area (Å²) < 4.78 is 25.5. The van der Waals surface area contributed by atoms with Gasteiger partial charge < -0.3 is 9.51 Å². The van der Waals surface area contributed by atoms with Crippen LogP contribution in [0.4, 0.5) is 0 Å². The molecule has 102 valence electrons. The fraction of sp³-hybridized carbons (Fsp3) is 0.333. The van der Waals surface area contributed by atoms with E-state index in [-0.39, 0.29) is 11.5 Å². The lowest BCUT2D eigenvalue weighted by Crippen LogP contribution is -2.22. The molecule has 1 unspecified atom stereocenters. The zero-order valence-electron chi connectivity index (χ0n) is 10.4. The van der Waals surface area contributed by atoms with Gasteiger partial charge in [-0.15, -0.1) is 0 Å². The van der Waals surface area contributed by atoms with Crippen LogP contribution >= 0.6 is 0 Å². The zero-order valence-corrected chi connectivity index (χ0v) is 11.2. The fourth-order valence-electron chi connectivity index (χ4n) is 1.79. The first-order valence-electron chi connectivity index (χ1n) is 5.73. The van der Waals surface area contributed by atoms with E-state index in [4.69, 9.17) is 5.11 Å². The van der Waals surface area contributed by atoms with Crippen molar-refractivity contribution in [3.63, 3.8) is 0 Å². The molecule has 19 heavy (non-hydrogen) atoms. The summed E-state index contributed by atoms with van der Waals surface area (Å²) in [5.41, 5.74) is 1.09. The number of pyridine rings is 1. The molecule has 2 heterocycles. The summed E-state index contributed by atoms with van der Waals surface area (Å²) in [5.74, 6) is -2.65. The highest BCUT2D eigenvalue weighted by Crippen LogP contribution is 2.11. The van der Waals surface area contributed by atoms with Crippen LogP contribution < -0.4 is 0 Å². The molecule has 0 spiro atoms. The predicted molar refractivity (Wildman–Crippen MR) is 69.5 cm³/mol. The van der Waals surface area contributed by atoms with Crippen molar-refractivity contribution in [1.29, 1.82) is 0 Å². The fourth-order valence-corrected chi connectivity index (χ4v) is 3.41. The Morgan fingerprint density at radius 1 is 1.47 bits per heavy atom. The molecule has 0 bridgehead atoms. The SMILES string of the molecule is CC(CS(=O)(=O)Cc1cn2ccccc2n1)C(=O)O. The first-order chi connectivity index (χ1) is 8.87. The molecule has 2 aromatic rings. The lowest BCUT2D eigenvalue weighted by Gasteiger charge is -2.05. The van der Waals surface area contributed by atoms with Crippen LogP contribution in [0.25, 0.3) is 5.65 Å². The van der Waals surface area contributed by atoms with Gasteiger partial charge in [-0.25, -0.2) is 13.4 Å². The maximum absolute atomic E-state index is 11.9. The van der Waals surface area contributed by atoms with Gasteiger partial charge in [0.15, 0.2) is 9.84 Å². The normalized spacial score (nSPS) is 13.5. The van der Waals surface area contributed by atoms with Gasteiger partial charge in [0, 0.05) is 12.4 Å². The number of hydrogen-bond donors (Lipinski definition) is 1. The first-order valence-corrected chi connectivity index (χ1v) is 7.55. The van der Waals surface area contributed by atoms with Gasteiger partial charge in [0.05, 0.1) is 23.1 Å². The number of aromatic nitrogens is 2. The van der Waals surface area contributed by atoms with Gasteiger partial charge in [-0.1, -0.05) is 13.0 Å². The Hall–Kier alpha value is -1.89. The maximum Gasteiger partial charge on any atom is 0.307 e. The van der Waals surface area contributed by atoms with Gasteiger partial charge in [0.25, 0.3) is 0 Å². The Bertz CT molecular complexity index is 672.